The maximum absolute atomic E-state index is 12.6. The summed E-state index contributed by atoms with van der Waals surface area (Å²) in [5.41, 5.74) is 1.76. The van der Waals surface area contributed by atoms with Crippen molar-refractivity contribution in [3.8, 4) is 11.4 Å². The molecule has 0 radical (unpaired) electrons. The summed E-state index contributed by atoms with van der Waals surface area (Å²) in [5, 5.41) is 22.2. The zero-order chi connectivity index (χ0) is 21.0. The molecule has 1 aliphatic rings. The standard InChI is InChI=1S/C21H21N9O/c31-20(18-24-19(15-11-12-15)29(26-18)16-7-3-1-4-8-16)22-13-14-23-21-25-27-28-30(21)17-9-5-2-6-10-17/h1-10,15H,11-14H2,(H,22,31)(H,23,25,28). The van der Waals surface area contributed by atoms with E-state index in [4.69, 9.17) is 0 Å². The van der Waals surface area contributed by atoms with Gasteiger partial charge in [-0.25, -0.2) is 9.67 Å². The molecule has 0 spiro atoms. The van der Waals surface area contributed by atoms with Crippen molar-refractivity contribution in [3.05, 3.63) is 72.3 Å². The van der Waals surface area contributed by atoms with Gasteiger partial charge in [-0.3, -0.25) is 4.79 Å². The van der Waals surface area contributed by atoms with Gasteiger partial charge < -0.3 is 10.6 Å². The molecule has 2 aromatic heterocycles. The Labute approximate surface area is 178 Å². The van der Waals surface area contributed by atoms with Gasteiger partial charge in [0.25, 0.3) is 5.91 Å². The second-order valence-corrected chi connectivity index (χ2v) is 7.25. The van der Waals surface area contributed by atoms with Crippen LogP contribution in [0, 0.1) is 0 Å². The number of hydrogen-bond donors (Lipinski definition) is 2. The Morgan fingerprint density at radius 3 is 2.29 bits per heavy atom. The molecule has 10 nitrogen and oxygen atoms in total. The third-order valence-electron chi connectivity index (χ3n) is 4.94. The second kappa shape index (κ2) is 8.34. The molecule has 2 heterocycles. The molecular weight excluding hydrogens is 394 g/mol. The predicted molar refractivity (Wildman–Crippen MR) is 113 cm³/mol. The first-order chi connectivity index (χ1) is 15.3. The van der Waals surface area contributed by atoms with Crippen molar-refractivity contribution < 1.29 is 4.79 Å². The fourth-order valence-electron chi connectivity index (χ4n) is 3.26. The molecule has 2 N–H and O–H groups in total. The van der Waals surface area contributed by atoms with Gasteiger partial charge in [-0.1, -0.05) is 41.5 Å². The monoisotopic (exact) mass is 415 g/mol. The van der Waals surface area contributed by atoms with Crippen LogP contribution >= 0.6 is 0 Å². The van der Waals surface area contributed by atoms with E-state index in [0.717, 1.165) is 30.0 Å². The molecule has 0 saturated heterocycles. The Bertz CT molecular complexity index is 1170. The Hall–Kier alpha value is -4.08. The fourth-order valence-corrected chi connectivity index (χ4v) is 3.26. The van der Waals surface area contributed by atoms with Crippen molar-refractivity contribution in [2.45, 2.75) is 18.8 Å². The van der Waals surface area contributed by atoms with E-state index < -0.39 is 0 Å². The summed E-state index contributed by atoms with van der Waals surface area (Å²) in [7, 11) is 0. The average molecular weight is 415 g/mol. The summed E-state index contributed by atoms with van der Waals surface area (Å²) in [4.78, 5) is 17.1. The third-order valence-corrected chi connectivity index (χ3v) is 4.94. The van der Waals surface area contributed by atoms with Crippen molar-refractivity contribution in [3.63, 3.8) is 0 Å². The molecule has 1 fully saturated rings. The zero-order valence-corrected chi connectivity index (χ0v) is 16.7. The van der Waals surface area contributed by atoms with Crippen LogP contribution in [0.5, 0.6) is 0 Å². The number of nitrogens with one attached hydrogen (secondary N) is 2. The van der Waals surface area contributed by atoms with Crippen molar-refractivity contribution in [2.24, 2.45) is 0 Å². The maximum atomic E-state index is 12.6. The van der Waals surface area contributed by atoms with Crippen LogP contribution in [0.4, 0.5) is 5.95 Å². The fraction of sp³-hybridized carbons (Fsp3) is 0.238. The number of anilines is 1. The number of nitrogens with zero attached hydrogens (tertiary/aromatic N) is 7. The lowest BCUT2D eigenvalue weighted by Crippen LogP contribution is -2.30. The highest BCUT2D eigenvalue weighted by Gasteiger charge is 2.31. The van der Waals surface area contributed by atoms with E-state index in [1.807, 2.05) is 60.7 Å². The summed E-state index contributed by atoms with van der Waals surface area (Å²) >= 11 is 0. The van der Waals surface area contributed by atoms with Crippen molar-refractivity contribution in [2.75, 3.05) is 18.4 Å². The molecule has 2 aromatic carbocycles. The number of tetrazole rings is 1. The Morgan fingerprint density at radius 1 is 0.935 bits per heavy atom. The summed E-state index contributed by atoms with van der Waals surface area (Å²) in [6.07, 6.45) is 2.15. The molecule has 1 saturated carbocycles. The molecule has 1 amide bonds. The van der Waals surface area contributed by atoms with Gasteiger partial charge in [-0.15, -0.1) is 5.10 Å². The SMILES string of the molecule is O=C(NCCNc1nnnn1-c1ccccc1)c1nc(C2CC2)n(-c2ccccc2)n1. The van der Waals surface area contributed by atoms with Crippen LogP contribution in [0.15, 0.2) is 60.7 Å². The number of benzene rings is 2. The Kier molecular flexibility index (Phi) is 5.09. The van der Waals surface area contributed by atoms with Crippen LogP contribution in [0.1, 0.15) is 35.2 Å². The molecule has 0 unspecified atom stereocenters. The van der Waals surface area contributed by atoms with Gasteiger partial charge in [0.2, 0.25) is 11.8 Å². The van der Waals surface area contributed by atoms with Crippen LogP contribution in [0.3, 0.4) is 0 Å². The van der Waals surface area contributed by atoms with Crippen molar-refractivity contribution in [1.29, 1.82) is 0 Å². The number of amides is 1. The Balaban J connectivity index is 1.21. The molecule has 31 heavy (non-hydrogen) atoms. The molecule has 1 aliphatic carbocycles. The first-order valence-electron chi connectivity index (χ1n) is 10.2. The average Bonchev–Trinajstić information content (AvgIpc) is 3.39. The first kappa shape index (κ1) is 18.9. The molecule has 0 atom stereocenters. The predicted octanol–water partition coefficient (Wildman–Crippen LogP) is 1.96. The van der Waals surface area contributed by atoms with E-state index in [-0.39, 0.29) is 11.7 Å². The molecule has 0 aliphatic heterocycles. The van der Waals surface area contributed by atoms with Gasteiger partial charge in [0.15, 0.2) is 0 Å². The highest BCUT2D eigenvalue weighted by Crippen LogP contribution is 2.39. The first-order valence-corrected chi connectivity index (χ1v) is 10.2. The van der Waals surface area contributed by atoms with Crippen LogP contribution in [-0.4, -0.2) is 54.0 Å². The van der Waals surface area contributed by atoms with E-state index in [9.17, 15) is 4.79 Å². The second-order valence-electron chi connectivity index (χ2n) is 7.25. The molecule has 10 heteroatoms. The molecule has 5 rings (SSSR count). The maximum Gasteiger partial charge on any atom is 0.291 e. The highest BCUT2D eigenvalue weighted by atomic mass is 16.2. The largest absolute Gasteiger partial charge is 0.351 e. The van der Waals surface area contributed by atoms with Gasteiger partial charge in [-0.2, -0.15) is 4.68 Å². The summed E-state index contributed by atoms with van der Waals surface area (Å²) in [6.45, 7) is 0.826. The Morgan fingerprint density at radius 2 is 1.61 bits per heavy atom. The molecule has 156 valence electrons. The van der Waals surface area contributed by atoms with Gasteiger partial charge >= 0.3 is 0 Å². The van der Waals surface area contributed by atoms with E-state index in [1.165, 1.54) is 0 Å². The van der Waals surface area contributed by atoms with Crippen LogP contribution < -0.4 is 10.6 Å². The van der Waals surface area contributed by atoms with Gasteiger partial charge in [-0.05, 0) is 47.5 Å². The quantitative estimate of drug-likeness (QED) is 0.423. The van der Waals surface area contributed by atoms with E-state index in [2.05, 4.69) is 36.2 Å². The topological polar surface area (TPSA) is 115 Å². The van der Waals surface area contributed by atoms with E-state index in [1.54, 1.807) is 9.36 Å². The highest BCUT2D eigenvalue weighted by molar-refractivity contribution is 5.90. The van der Waals surface area contributed by atoms with Crippen molar-refractivity contribution >= 4 is 11.9 Å². The third kappa shape index (κ3) is 4.13. The minimum atomic E-state index is -0.305. The van der Waals surface area contributed by atoms with Crippen LogP contribution in [0.25, 0.3) is 11.4 Å². The number of aromatic nitrogens is 7. The number of hydrogen-bond acceptors (Lipinski definition) is 7. The zero-order valence-electron chi connectivity index (χ0n) is 16.7. The van der Waals surface area contributed by atoms with Crippen LogP contribution in [0.2, 0.25) is 0 Å². The molecule has 4 aromatic rings. The van der Waals surface area contributed by atoms with E-state index >= 15 is 0 Å². The summed E-state index contributed by atoms with van der Waals surface area (Å²) in [6, 6.07) is 19.3. The lowest BCUT2D eigenvalue weighted by atomic mass is 10.3. The number of para-hydroxylation sites is 2. The lowest BCUT2D eigenvalue weighted by Gasteiger charge is -2.07. The minimum absolute atomic E-state index is 0.180. The normalized spacial score (nSPS) is 13.2. The van der Waals surface area contributed by atoms with E-state index in [0.29, 0.717) is 25.0 Å². The number of carbonyl (C=O) groups excluding carboxylic acids is 1. The number of rotatable bonds is 8. The van der Waals surface area contributed by atoms with Crippen LogP contribution in [-0.2, 0) is 0 Å². The minimum Gasteiger partial charge on any atom is -0.351 e. The molecular formula is C21H21N9O. The number of carbonyl (C=O) groups is 1. The van der Waals surface area contributed by atoms with Gasteiger partial charge in [0, 0.05) is 19.0 Å². The summed E-state index contributed by atoms with van der Waals surface area (Å²) in [5.74, 6) is 1.59. The smallest absolute Gasteiger partial charge is 0.291 e. The summed E-state index contributed by atoms with van der Waals surface area (Å²) < 4.78 is 3.38. The lowest BCUT2D eigenvalue weighted by molar-refractivity contribution is 0.0945. The van der Waals surface area contributed by atoms with Gasteiger partial charge in [0.05, 0.1) is 11.4 Å². The molecule has 0 bridgehead atoms. The van der Waals surface area contributed by atoms with Gasteiger partial charge in [0.1, 0.15) is 5.82 Å². The van der Waals surface area contributed by atoms with Crippen molar-refractivity contribution in [1.82, 2.24) is 40.3 Å².